The molecule has 0 bridgehead atoms. The van der Waals surface area contributed by atoms with E-state index in [1.54, 1.807) is 26.1 Å². The van der Waals surface area contributed by atoms with Crippen molar-refractivity contribution in [2.75, 3.05) is 0 Å². The summed E-state index contributed by atoms with van der Waals surface area (Å²) in [6.45, 7) is 3.16. The molecular formula is C17H15F2N3O2. The second-order valence-corrected chi connectivity index (χ2v) is 5.47. The number of ether oxygens (including phenoxy) is 1. The van der Waals surface area contributed by atoms with Crippen LogP contribution in [0.1, 0.15) is 27.3 Å². The summed E-state index contributed by atoms with van der Waals surface area (Å²) < 4.78 is 34.5. The summed E-state index contributed by atoms with van der Waals surface area (Å²) in [5.74, 6) is -1.67. The predicted molar refractivity (Wildman–Crippen MR) is 83.9 cm³/mol. The number of pyridine rings is 1. The highest BCUT2D eigenvalue weighted by Crippen LogP contribution is 2.25. The van der Waals surface area contributed by atoms with Gasteiger partial charge < -0.3 is 10.5 Å². The van der Waals surface area contributed by atoms with Crippen molar-refractivity contribution in [1.29, 1.82) is 0 Å². The molecule has 0 saturated carbocycles. The summed E-state index contributed by atoms with van der Waals surface area (Å²) in [5.41, 5.74) is 7.07. The van der Waals surface area contributed by atoms with Gasteiger partial charge in [-0.2, -0.15) is 0 Å². The standard InChI is InChI=1S/C17H15F2N3O2/c1-9-6-14(24-8-11-12(18)4-3-5-13(11)19)17-21-10(2)15(16(20)23)22(17)7-9/h3-7H,8H2,1-2H3,(H2,20,23). The van der Waals surface area contributed by atoms with Gasteiger partial charge in [-0.15, -0.1) is 0 Å². The minimum absolute atomic E-state index is 0.171. The van der Waals surface area contributed by atoms with Gasteiger partial charge in [-0.05, 0) is 37.6 Å². The van der Waals surface area contributed by atoms with Crippen LogP contribution in [0, 0.1) is 25.5 Å². The summed E-state index contributed by atoms with van der Waals surface area (Å²) in [6, 6.07) is 5.30. The van der Waals surface area contributed by atoms with E-state index in [1.807, 2.05) is 0 Å². The molecule has 3 rings (SSSR count). The van der Waals surface area contributed by atoms with Crippen LogP contribution in [0.5, 0.6) is 5.75 Å². The number of carbonyl (C=O) groups excluding carboxylic acids is 1. The van der Waals surface area contributed by atoms with Gasteiger partial charge in [-0.1, -0.05) is 6.07 Å². The van der Waals surface area contributed by atoms with E-state index in [-0.39, 0.29) is 17.9 Å². The molecule has 2 aromatic heterocycles. The van der Waals surface area contributed by atoms with E-state index in [1.165, 1.54) is 22.6 Å². The summed E-state index contributed by atoms with van der Waals surface area (Å²) in [4.78, 5) is 15.9. The Morgan fingerprint density at radius 3 is 2.58 bits per heavy atom. The minimum Gasteiger partial charge on any atom is -0.485 e. The number of aromatic nitrogens is 2. The molecule has 1 aromatic carbocycles. The van der Waals surface area contributed by atoms with E-state index in [9.17, 15) is 13.6 Å². The number of fused-ring (bicyclic) bond motifs is 1. The molecule has 0 fully saturated rings. The number of hydrogen-bond acceptors (Lipinski definition) is 3. The number of aryl methyl sites for hydroxylation is 2. The number of halogens is 2. The molecule has 2 N–H and O–H groups in total. The van der Waals surface area contributed by atoms with Gasteiger partial charge in [0.25, 0.3) is 5.91 Å². The first-order chi connectivity index (χ1) is 11.4. The number of imidazole rings is 1. The van der Waals surface area contributed by atoms with Crippen LogP contribution >= 0.6 is 0 Å². The van der Waals surface area contributed by atoms with E-state index in [4.69, 9.17) is 10.5 Å². The highest BCUT2D eigenvalue weighted by atomic mass is 19.1. The number of amides is 1. The van der Waals surface area contributed by atoms with E-state index >= 15 is 0 Å². The fraction of sp³-hybridized carbons (Fsp3) is 0.176. The first kappa shape index (κ1) is 15.9. The van der Waals surface area contributed by atoms with Crippen LogP contribution in [0.15, 0.2) is 30.5 Å². The maximum absolute atomic E-state index is 13.7. The maximum atomic E-state index is 13.7. The van der Waals surface area contributed by atoms with Gasteiger partial charge in [0.1, 0.15) is 23.9 Å². The largest absolute Gasteiger partial charge is 0.485 e. The van der Waals surface area contributed by atoms with Crippen molar-refractivity contribution in [3.05, 3.63) is 64.6 Å². The second-order valence-electron chi connectivity index (χ2n) is 5.47. The summed E-state index contributed by atoms with van der Waals surface area (Å²) in [5, 5.41) is 0. The molecule has 0 atom stereocenters. The monoisotopic (exact) mass is 331 g/mol. The zero-order valence-electron chi connectivity index (χ0n) is 13.1. The fourth-order valence-electron chi connectivity index (χ4n) is 2.58. The summed E-state index contributed by atoms with van der Waals surface area (Å²) in [7, 11) is 0. The molecule has 7 heteroatoms. The number of rotatable bonds is 4. The van der Waals surface area contributed by atoms with Crippen LogP contribution < -0.4 is 10.5 Å². The van der Waals surface area contributed by atoms with E-state index < -0.39 is 17.5 Å². The third-order valence-corrected chi connectivity index (χ3v) is 3.66. The van der Waals surface area contributed by atoms with E-state index in [0.29, 0.717) is 17.1 Å². The van der Waals surface area contributed by atoms with Crippen LogP contribution in [0.4, 0.5) is 8.78 Å². The predicted octanol–water partition coefficient (Wildman–Crippen LogP) is 2.91. The van der Waals surface area contributed by atoms with Crippen LogP contribution in [0.2, 0.25) is 0 Å². The topological polar surface area (TPSA) is 69.6 Å². The molecule has 3 aromatic rings. The average molecular weight is 331 g/mol. The Hall–Kier alpha value is -2.96. The van der Waals surface area contributed by atoms with Crippen molar-refractivity contribution in [1.82, 2.24) is 9.38 Å². The Bertz CT molecular complexity index is 930. The van der Waals surface area contributed by atoms with E-state index in [0.717, 1.165) is 5.56 Å². The van der Waals surface area contributed by atoms with Gasteiger partial charge in [0, 0.05) is 6.20 Å². The van der Waals surface area contributed by atoms with Crippen LogP contribution in [-0.2, 0) is 6.61 Å². The van der Waals surface area contributed by atoms with Gasteiger partial charge in [0.15, 0.2) is 11.4 Å². The molecule has 24 heavy (non-hydrogen) atoms. The number of hydrogen-bond donors (Lipinski definition) is 1. The Morgan fingerprint density at radius 2 is 1.96 bits per heavy atom. The van der Waals surface area contributed by atoms with E-state index in [2.05, 4.69) is 4.98 Å². The van der Waals surface area contributed by atoms with Crippen molar-refractivity contribution in [3.63, 3.8) is 0 Å². The highest BCUT2D eigenvalue weighted by molar-refractivity contribution is 5.93. The Labute approximate surface area is 136 Å². The quantitative estimate of drug-likeness (QED) is 0.799. The van der Waals surface area contributed by atoms with Crippen molar-refractivity contribution < 1.29 is 18.3 Å². The maximum Gasteiger partial charge on any atom is 0.267 e. The number of nitrogens with two attached hydrogens (primary N) is 1. The lowest BCUT2D eigenvalue weighted by molar-refractivity contribution is 0.0994. The third-order valence-electron chi connectivity index (χ3n) is 3.66. The third kappa shape index (κ3) is 2.68. The van der Waals surface area contributed by atoms with Crippen LogP contribution in [0.3, 0.4) is 0 Å². The Kier molecular flexibility index (Phi) is 3.92. The molecule has 0 radical (unpaired) electrons. The molecule has 2 heterocycles. The number of carbonyl (C=O) groups is 1. The molecular weight excluding hydrogens is 316 g/mol. The van der Waals surface area contributed by atoms with Gasteiger partial charge in [0.2, 0.25) is 0 Å². The lowest BCUT2D eigenvalue weighted by Crippen LogP contribution is -2.15. The highest BCUT2D eigenvalue weighted by Gasteiger charge is 2.18. The normalized spacial score (nSPS) is 11.0. The Balaban J connectivity index is 2.04. The molecule has 0 unspecified atom stereocenters. The molecule has 0 aliphatic heterocycles. The van der Waals surface area contributed by atoms with Gasteiger partial charge in [-0.3, -0.25) is 9.20 Å². The SMILES string of the molecule is Cc1cc(OCc2c(F)cccc2F)c2nc(C)c(C(N)=O)n2c1. The van der Waals surface area contributed by atoms with Crippen molar-refractivity contribution in [3.8, 4) is 5.75 Å². The van der Waals surface area contributed by atoms with Gasteiger partial charge in [-0.25, -0.2) is 13.8 Å². The fourth-order valence-corrected chi connectivity index (χ4v) is 2.58. The number of nitrogens with zero attached hydrogens (tertiary/aromatic N) is 2. The number of benzene rings is 1. The molecule has 0 saturated heterocycles. The number of primary amides is 1. The van der Waals surface area contributed by atoms with Crippen molar-refractivity contribution in [2.24, 2.45) is 5.73 Å². The minimum atomic E-state index is -0.684. The first-order valence-electron chi connectivity index (χ1n) is 7.23. The summed E-state index contributed by atoms with van der Waals surface area (Å²) in [6.07, 6.45) is 1.70. The molecule has 5 nitrogen and oxygen atoms in total. The molecule has 1 amide bonds. The summed E-state index contributed by atoms with van der Waals surface area (Å²) >= 11 is 0. The first-order valence-corrected chi connectivity index (χ1v) is 7.23. The molecule has 0 aliphatic carbocycles. The smallest absolute Gasteiger partial charge is 0.267 e. The van der Waals surface area contributed by atoms with Gasteiger partial charge in [0.05, 0.1) is 11.3 Å². The average Bonchev–Trinajstić information content (AvgIpc) is 2.82. The lowest BCUT2D eigenvalue weighted by atomic mass is 10.2. The Morgan fingerprint density at radius 1 is 1.29 bits per heavy atom. The molecule has 124 valence electrons. The zero-order valence-corrected chi connectivity index (χ0v) is 13.1. The molecule has 0 aliphatic rings. The lowest BCUT2D eigenvalue weighted by Gasteiger charge is -2.10. The van der Waals surface area contributed by atoms with Crippen molar-refractivity contribution >= 4 is 11.6 Å². The van der Waals surface area contributed by atoms with Crippen molar-refractivity contribution in [2.45, 2.75) is 20.5 Å². The van der Waals surface area contributed by atoms with Crippen LogP contribution in [-0.4, -0.2) is 15.3 Å². The zero-order chi connectivity index (χ0) is 17.4. The van der Waals surface area contributed by atoms with Gasteiger partial charge >= 0.3 is 0 Å². The van der Waals surface area contributed by atoms with Crippen LogP contribution in [0.25, 0.3) is 5.65 Å². The second kappa shape index (κ2) is 5.92. The molecule has 0 spiro atoms.